The molecule has 0 radical (unpaired) electrons. The molecule has 0 aromatic carbocycles. The number of fused-ring (bicyclic) bond motifs is 5. The highest BCUT2D eigenvalue weighted by Crippen LogP contribution is 2.38. The van der Waals surface area contributed by atoms with Crippen LogP contribution in [0.2, 0.25) is 0 Å². The van der Waals surface area contributed by atoms with Crippen LogP contribution in [0.4, 0.5) is 0 Å². The van der Waals surface area contributed by atoms with Crippen molar-refractivity contribution in [2.24, 2.45) is 11.8 Å². The highest BCUT2D eigenvalue weighted by molar-refractivity contribution is 5.78. The van der Waals surface area contributed by atoms with Gasteiger partial charge in [-0.1, -0.05) is 0 Å². The smallest absolute Gasteiger partial charge is 0.231 e. The van der Waals surface area contributed by atoms with Gasteiger partial charge in [0.05, 0.1) is 7.11 Å². The Morgan fingerprint density at radius 2 is 2.13 bits per heavy atom. The summed E-state index contributed by atoms with van der Waals surface area (Å²) in [6.07, 6.45) is 5.75. The molecule has 3 atom stereocenters. The lowest BCUT2D eigenvalue weighted by Gasteiger charge is -2.52. The van der Waals surface area contributed by atoms with Gasteiger partial charge in [-0.25, -0.2) is 0 Å². The molecule has 2 aromatic rings. The molecule has 9 heteroatoms. The van der Waals surface area contributed by atoms with Crippen molar-refractivity contribution in [3.05, 3.63) is 18.0 Å². The van der Waals surface area contributed by atoms with Crippen molar-refractivity contribution in [1.29, 1.82) is 0 Å². The number of hydrogen-bond donors (Lipinski definition) is 0. The van der Waals surface area contributed by atoms with E-state index in [-0.39, 0.29) is 5.91 Å². The van der Waals surface area contributed by atoms with Crippen LogP contribution in [0, 0.1) is 11.8 Å². The molecule has 5 heterocycles. The largest absolute Gasteiger partial charge is 0.480 e. The molecule has 0 saturated carbocycles. The normalized spacial score (nSPS) is 26.0. The van der Waals surface area contributed by atoms with Crippen LogP contribution >= 0.6 is 0 Å². The zero-order valence-electron chi connectivity index (χ0n) is 17.4. The summed E-state index contributed by atoms with van der Waals surface area (Å²) in [5.74, 6) is 2.62. The SMILES string of the molecule is COc1ccc2nnc(CCCC(=O)N3C[C@H]4C[C@@H](C3)[C@@H]3CCCC(=O)N3C4)n2n1. The Labute approximate surface area is 175 Å². The van der Waals surface area contributed by atoms with Crippen LogP contribution in [0.25, 0.3) is 5.65 Å². The van der Waals surface area contributed by atoms with Crippen molar-refractivity contribution in [2.75, 3.05) is 26.7 Å². The third-order valence-electron chi connectivity index (χ3n) is 6.84. The first kappa shape index (κ1) is 19.3. The van der Waals surface area contributed by atoms with Crippen LogP contribution in [0.5, 0.6) is 5.88 Å². The second kappa shape index (κ2) is 7.85. The van der Waals surface area contributed by atoms with Crippen molar-refractivity contribution in [3.63, 3.8) is 0 Å². The van der Waals surface area contributed by atoms with E-state index >= 15 is 0 Å². The quantitative estimate of drug-likeness (QED) is 0.735. The number of aromatic nitrogens is 4. The molecule has 2 amide bonds. The molecule has 3 fully saturated rings. The van der Waals surface area contributed by atoms with E-state index in [9.17, 15) is 9.59 Å². The minimum atomic E-state index is 0.208. The van der Waals surface area contributed by atoms with Gasteiger partial charge < -0.3 is 14.5 Å². The third kappa shape index (κ3) is 3.50. The molecule has 0 N–H and O–H groups in total. The molecule has 0 unspecified atom stereocenters. The molecule has 3 aliphatic rings. The van der Waals surface area contributed by atoms with Gasteiger partial charge in [0.2, 0.25) is 17.7 Å². The maximum atomic E-state index is 12.9. The molecular formula is C21H28N6O3. The fraction of sp³-hybridized carbons (Fsp3) is 0.667. The predicted molar refractivity (Wildman–Crippen MR) is 108 cm³/mol. The molecule has 3 aliphatic heterocycles. The summed E-state index contributed by atoms with van der Waals surface area (Å²) in [6, 6.07) is 3.91. The first-order valence-electron chi connectivity index (χ1n) is 10.9. The molecule has 0 aliphatic carbocycles. The maximum Gasteiger partial charge on any atom is 0.231 e. The average Bonchev–Trinajstić information content (AvgIpc) is 3.16. The zero-order chi connectivity index (χ0) is 20.7. The highest BCUT2D eigenvalue weighted by atomic mass is 16.5. The van der Waals surface area contributed by atoms with E-state index in [2.05, 4.69) is 20.2 Å². The van der Waals surface area contributed by atoms with Gasteiger partial charge in [0.25, 0.3) is 0 Å². The maximum absolute atomic E-state index is 12.9. The summed E-state index contributed by atoms with van der Waals surface area (Å²) in [5, 5.41) is 12.7. The number of carbonyl (C=O) groups excluding carboxylic acids is 2. The summed E-state index contributed by atoms with van der Waals surface area (Å²) in [6.45, 7) is 2.39. The van der Waals surface area contributed by atoms with E-state index < -0.39 is 0 Å². The van der Waals surface area contributed by atoms with E-state index in [0.29, 0.717) is 61.0 Å². The summed E-state index contributed by atoms with van der Waals surface area (Å²) in [7, 11) is 1.58. The van der Waals surface area contributed by atoms with Crippen LogP contribution < -0.4 is 4.74 Å². The van der Waals surface area contributed by atoms with Crippen LogP contribution in [-0.2, 0) is 16.0 Å². The predicted octanol–water partition coefficient (Wildman–Crippen LogP) is 1.31. The highest BCUT2D eigenvalue weighted by Gasteiger charge is 2.44. The van der Waals surface area contributed by atoms with Gasteiger partial charge in [-0.3, -0.25) is 9.59 Å². The van der Waals surface area contributed by atoms with Crippen LogP contribution in [-0.4, -0.2) is 74.2 Å². The third-order valence-corrected chi connectivity index (χ3v) is 6.84. The molecule has 0 spiro atoms. The standard InChI is InChI=1S/C21H28N6O3/c1-30-19-9-8-18-23-22-17(27(18)24-19)5-3-6-20(28)25-11-14-10-15(13-25)16-4-2-7-21(29)26(16)12-14/h8-9,14-16H,2-7,10-13H2,1H3/t14-,15+,16+/m1/s1. The van der Waals surface area contributed by atoms with Crippen molar-refractivity contribution in [1.82, 2.24) is 29.6 Å². The number of amides is 2. The van der Waals surface area contributed by atoms with E-state index in [1.165, 1.54) is 0 Å². The van der Waals surface area contributed by atoms with Gasteiger partial charge >= 0.3 is 0 Å². The minimum absolute atomic E-state index is 0.208. The lowest BCUT2D eigenvalue weighted by atomic mass is 9.76. The summed E-state index contributed by atoms with van der Waals surface area (Å²) >= 11 is 0. The van der Waals surface area contributed by atoms with Crippen LogP contribution in [0.1, 0.15) is 44.3 Å². The molecule has 5 rings (SSSR count). The van der Waals surface area contributed by atoms with E-state index in [1.807, 2.05) is 11.0 Å². The van der Waals surface area contributed by atoms with Crippen molar-refractivity contribution < 1.29 is 14.3 Å². The number of carbonyl (C=O) groups is 2. The number of piperidine rings is 3. The first-order chi connectivity index (χ1) is 14.6. The lowest BCUT2D eigenvalue weighted by Crippen LogP contribution is -2.61. The number of likely N-dealkylation sites (tertiary alicyclic amines) is 1. The van der Waals surface area contributed by atoms with Crippen molar-refractivity contribution in [2.45, 2.75) is 51.0 Å². The van der Waals surface area contributed by atoms with E-state index in [0.717, 1.165) is 44.7 Å². The Hall–Kier alpha value is -2.71. The Bertz CT molecular complexity index is 959. The Morgan fingerprint density at radius 3 is 3.00 bits per heavy atom. The summed E-state index contributed by atoms with van der Waals surface area (Å²) in [4.78, 5) is 29.3. The topological polar surface area (TPSA) is 92.9 Å². The molecule has 160 valence electrons. The fourth-order valence-corrected chi connectivity index (χ4v) is 5.45. The molecule has 9 nitrogen and oxygen atoms in total. The van der Waals surface area contributed by atoms with Gasteiger partial charge in [-0.05, 0) is 43.6 Å². The van der Waals surface area contributed by atoms with E-state index in [4.69, 9.17) is 4.74 Å². The van der Waals surface area contributed by atoms with Gasteiger partial charge in [-0.15, -0.1) is 15.3 Å². The second-order valence-corrected chi connectivity index (χ2v) is 8.78. The monoisotopic (exact) mass is 412 g/mol. The fourth-order valence-electron chi connectivity index (χ4n) is 5.45. The average molecular weight is 412 g/mol. The van der Waals surface area contributed by atoms with Crippen LogP contribution in [0.15, 0.2) is 12.1 Å². The number of aryl methyl sites for hydroxylation is 1. The second-order valence-electron chi connectivity index (χ2n) is 8.78. The Balaban J connectivity index is 1.18. The number of hydrogen-bond acceptors (Lipinski definition) is 6. The van der Waals surface area contributed by atoms with Crippen molar-refractivity contribution in [3.8, 4) is 5.88 Å². The Morgan fingerprint density at radius 1 is 1.23 bits per heavy atom. The van der Waals surface area contributed by atoms with Gasteiger partial charge in [0, 0.05) is 51.0 Å². The van der Waals surface area contributed by atoms with Gasteiger partial charge in [0.15, 0.2) is 11.5 Å². The molecule has 3 saturated heterocycles. The number of nitrogens with zero attached hydrogens (tertiary/aromatic N) is 6. The minimum Gasteiger partial charge on any atom is -0.480 e. The summed E-state index contributed by atoms with van der Waals surface area (Å²) in [5.41, 5.74) is 0.674. The van der Waals surface area contributed by atoms with Gasteiger partial charge in [-0.2, -0.15) is 4.52 Å². The van der Waals surface area contributed by atoms with Crippen LogP contribution in [0.3, 0.4) is 0 Å². The number of ether oxygens (including phenoxy) is 1. The lowest BCUT2D eigenvalue weighted by molar-refractivity contribution is -0.148. The Kier molecular flexibility index (Phi) is 5.04. The van der Waals surface area contributed by atoms with E-state index in [1.54, 1.807) is 17.7 Å². The zero-order valence-corrected chi connectivity index (χ0v) is 17.4. The number of rotatable bonds is 5. The molecule has 2 bridgehead atoms. The first-order valence-corrected chi connectivity index (χ1v) is 10.9. The molecule has 2 aromatic heterocycles. The number of methoxy groups -OCH3 is 1. The molecular weight excluding hydrogens is 384 g/mol. The van der Waals surface area contributed by atoms with Crippen molar-refractivity contribution >= 4 is 17.5 Å². The summed E-state index contributed by atoms with van der Waals surface area (Å²) < 4.78 is 6.86. The van der Waals surface area contributed by atoms with Gasteiger partial charge in [0.1, 0.15) is 0 Å². The molecule has 30 heavy (non-hydrogen) atoms.